The smallest absolute Gasteiger partial charge is 0.254 e. The molecular weight excluding hydrogens is 360 g/mol. The van der Waals surface area contributed by atoms with Gasteiger partial charge in [0.25, 0.3) is 5.91 Å². The summed E-state index contributed by atoms with van der Waals surface area (Å²) in [5, 5.41) is 0. The number of ether oxygens (including phenoxy) is 1. The molecule has 1 aromatic carbocycles. The van der Waals surface area contributed by atoms with E-state index in [0.29, 0.717) is 30.5 Å². The van der Waals surface area contributed by atoms with E-state index in [1.54, 1.807) is 19.1 Å². The minimum Gasteiger partial charge on any atom is -0.385 e. The number of carbonyl (C=O) groups is 2. The second-order valence-corrected chi connectivity index (χ2v) is 8.17. The molecule has 1 aliphatic rings. The van der Waals surface area contributed by atoms with Gasteiger partial charge in [-0.2, -0.15) is 0 Å². The van der Waals surface area contributed by atoms with Crippen LogP contribution in [0.15, 0.2) is 29.2 Å². The molecule has 0 aromatic heterocycles. The molecule has 6 heteroatoms. The molecule has 0 saturated heterocycles. The highest BCUT2D eigenvalue weighted by Gasteiger charge is 2.23. The molecule has 1 fully saturated rings. The van der Waals surface area contributed by atoms with Crippen molar-refractivity contribution in [2.75, 3.05) is 40.1 Å². The van der Waals surface area contributed by atoms with E-state index >= 15 is 0 Å². The first-order valence-corrected chi connectivity index (χ1v) is 10.7. The molecule has 2 amide bonds. The fraction of sp³-hybridized carbons (Fsp3) is 0.619. The van der Waals surface area contributed by atoms with Gasteiger partial charge in [-0.1, -0.05) is 31.4 Å². The van der Waals surface area contributed by atoms with Gasteiger partial charge in [0.2, 0.25) is 5.91 Å². The normalized spacial score (nSPS) is 14.8. The third kappa shape index (κ3) is 6.54. The lowest BCUT2D eigenvalue weighted by atomic mass is 9.94. The summed E-state index contributed by atoms with van der Waals surface area (Å²) in [5.74, 6) is 0.495. The Labute approximate surface area is 167 Å². The zero-order valence-electron chi connectivity index (χ0n) is 16.8. The van der Waals surface area contributed by atoms with Crippen LogP contribution in [0.4, 0.5) is 0 Å². The lowest BCUT2D eigenvalue weighted by molar-refractivity contribution is -0.129. The fourth-order valence-corrected chi connectivity index (χ4v) is 4.40. The van der Waals surface area contributed by atoms with Gasteiger partial charge in [-0.15, -0.1) is 11.8 Å². The number of rotatable bonds is 9. The molecule has 2 rings (SSSR count). The summed E-state index contributed by atoms with van der Waals surface area (Å²) in [6.07, 6.45) is 6.71. The molecule has 1 aliphatic carbocycles. The average Bonchev–Trinajstić information content (AvgIpc) is 2.71. The summed E-state index contributed by atoms with van der Waals surface area (Å²) in [6, 6.07) is 7.92. The molecular formula is C21H32N2O3S. The van der Waals surface area contributed by atoms with Gasteiger partial charge in [-0.25, -0.2) is 0 Å². The highest BCUT2D eigenvalue weighted by atomic mass is 32.2. The number of hydrogen-bond donors (Lipinski definition) is 0. The lowest BCUT2D eigenvalue weighted by Gasteiger charge is -2.31. The number of nitrogens with zero attached hydrogens (tertiary/aromatic N) is 2. The summed E-state index contributed by atoms with van der Waals surface area (Å²) in [7, 11) is 5.38. The maximum atomic E-state index is 12.8. The van der Waals surface area contributed by atoms with Crippen molar-refractivity contribution in [2.24, 2.45) is 0 Å². The molecule has 1 saturated carbocycles. The Bertz CT molecular complexity index is 617. The van der Waals surface area contributed by atoms with Crippen LogP contribution in [0.1, 0.15) is 48.9 Å². The average molecular weight is 393 g/mol. The highest BCUT2D eigenvalue weighted by Crippen LogP contribution is 2.26. The number of benzene rings is 1. The van der Waals surface area contributed by atoms with Crippen LogP contribution in [0.25, 0.3) is 0 Å². The Morgan fingerprint density at radius 2 is 1.85 bits per heavy atom. The van der Waals surface area contributed by atoms with Crippen molar-refractivity contribution in [1.82, 2.24) is 9.80 Å². The van der Waals surface area contributed by atoms with E-state index in [1.807, 2.05) is 36.2 Å². The van der Waals surface area contributed by atoms with Gasteiger partial charge in [0.1, 0.15) is 0 Å². The summed E-state index contributed by atoms with van der Waals surface area (Å²) in [5.41, 5.74) is 0.663. The van der Waals surface area contributed by atoms with Crippen LogP contribution in [-0.2, 0) is 9.53 Å². The minimum absolute atomic E-state index is 0.0118. The van der Waals surface area contributed by atoms with Crippen molar-refractivity contribution in [3.8, 4) is 0 Å². The molecule has 0 bridgehead atoms. The first-order valence-electron chi connectivity index (χ1n) is 9.76. The van der Waals surface area contributed by atoms with Gasteiger partial charge < -0.3 is 14.5 Å². The quantitative estimate of drug-likeness (QED) is 0.475. The van der Waals surface area contributed by atoms with Gasteiger partial charge in [0.15, 0.2) is 0 Å². The molecule has 0 heterocycles. The van der Waals surface area contributed by atoms with Gasteiger partial charge >= 0.3 is 0 Å². The van der Waals surface area contributed by atoms with E-state index in [0.717, 1.165) is 24.2 Å². The molecule has 0 N–H and O–H groups in total. The number of carbonyl (C=O) groups excluding carboxylic acids is 2. The van der Waals surface area contributed by atoms with E-state index in [1.165, 1.54) is 31.0 Å². The van der Waals surface area contributed by atoms with Gasteiger partial charge in [0, 0.05) is 45.3 Å². The minimum atomic E-state index is -0.0118. The van der Waals surface area contributed by atoms with Crippen LogP contribution in [0.3, 0.4) is 0 Å². The molecule has 150 valence electrons. The van der Waals surface area contributed by atoms with Crippen molar-refractivity contribution in [2.45, 2.75) is 49.5 Å². The lowest BCUT2D eigenvalue weighted by Crippen LogP contribution is -2.39. The second-order valence-electron chi connectivity index (χ2n) is 7.15. The van der Waals surface area contributed by atoms with Crippen molar-refractivity contribution in [1.29, 1.82) is 0 Å². The zero-order valence-corrected chi connectivity index (χ0v) is 17.6. The molecule has 0 radical (unpaired) electrons. The summed E-state index contributed by atoms with van der Waals surface area (Å²) in [4.78, 5) is 29.9. The highest BCUT2D eigenvalue weighted by molar-refractivity contribution is 8.00. The van der Waals surface area contributed by atoms with Crippen LogP contribution in [0.5, 0.6) is 0 Å². The summed E-state index contributed by atoms with van der Waals surface area (Å²) < 4.78 is 5.05. The topological polar surface area (TPSA) is 49.9 Å². The Morgan fingerprint density at radius 3 is 2.56 bits per heavy atom. The SMILES string of the molecule is COCCCN(C)C(=O)c1ccccc1SCC(=O)N(C)C1CCCCC1. The zero-order chi connectivity index (χ0) is 19.6. The summed E-state index contributed by atoms with van der Waals surface area (Å²) in [6.45, 7) is 1.28. The van der Waals surface area contributed by atoms with Crippen LogP contribution in [0, 0.1) is 0 Å². The maximum absolute atomic E-state index is 12.8. The van der Waals surface area contributed by atoms with E-state index in [4.69, 9.17) is 4.74 Å². The maximum Gasteiger partial charge on any atom is 0.254 e. The van der Waals surface area contributed by atoms with Crippen LogP contribution in [0.2, 0.25) is 0 Å². The number of methoxy groups -OCH3 is 1. The molecule has 0 spiro atoms. The number of hydrogen-bond acceptors (Lipinski definition) is 4. The van der Waals surface area contributed by atoms with Crippen molar-refractivity contribution in [3.63, 3.8) is 0 Å². The second kappa shape index (κ2) is 11.3. The fourth-order valence-electron chi connectivity index (χ4n) is 3.44. The number of thioether (sulfide) groups is 1. The van der Waals surface area contributed by atoms with Crippen molar-refractivity contribution >= 4 is 23.6 Å². The van der Waals surface area contributed by atoms with Gasteiger partial charge in [0.05, 0.1) is 11.3 Å². The van der Waals surface area contributed by atoms with E-state index < -0.39 is 0 Å². The Kier molecular flexibility index (Phi) is 9.15. The molecule has 1 aromatic rings. The molecule has 0 atom stereocenters. The third-order valence-electron chi connectivity index (χ3n) is 5.17. The van der Waals surface area contributed by atoms with Crippen molar-refractivity contribution < 1.29 is 14.3 Å². The first-order chi connectivity index (χ1) is 13.0. The van der Waals surface area contributed by atoms with Crippen LogP contribution >= 0.6 is 11.8 Å². The first kappa shape index (κ1) is 21.8. The Hall–Kier alpha value is -1.53. The third-order valence-corrected chi connectivity index (χ3v) is 6.23. The van der Waals surface area contributed by atoms with Crippen LogP contribution < -0.4 is 0 Å². The van der Waals surface area contributed by atoms with Crippen molar-refractivity contribution in [3.05, 3.63) is 29.8 Å². The van der Waals surface area contributed by atoms with E-state index in [-0.39, 0.29) is 11.8 Å². The Morgan fingerprint density at radius 1 is 1.15 bits per heavy atom. The predicted octanol–water partition coefficient (Wildman–Crippen LogP) is 3.68. The molecule has 27 heavy (non-hydrogen) atoms. The van der Waals surface area contributed by atoms with Crippen LogP contribution in [-0.4, -0.2) is 67.8 Å². The molecule has 0 aliphatic heterocycles. The Balaban J connectivity index is 1.94. The predicted molar refractivity (Wildman–Crippen MR) is 110 cm³/mol. The van der Waals surface area contributed by atoms with Gasteiger partial charge in [-0.3, -0.25) is 9.59 Å². The number of amides is 2. The van der Waals surface area contributed by atoms with E-state index in [9.17, 15) is 9.59 Å². The van der Waals surface area contributed by atoms with Gasteiger partial charge in [-0.05, 0) is 31.4 Å². The molecule has 0 unspecified atom stereocenters. The summed E-state index contributed by atoms with van der Waals surface area (Å²) >= 11 is 1.46. The molecule has 5 nitrogen and oxygen atoms in total. The largest absolute Gasteiger partial charge is 0.385 e. The monoisotopic (exact) mass is 392 g/mol. The van der Waals surface area contributed by atoms with E-state index in [2.05, 4.69) is 0 Å². The standard InChI is InChI=1S/C21H32N2O3S/c1-22(14-9-15-26-3)21(25)18-12-7-8-13-19(18)27-16-20(24)23(2)17-10-5-4-6-11-17/h7-8,12-13,17H,4-6,9-11,14-16H2,1-3H3.